The predicted octanol–water partition coefficient (Wildman–Crippen LogP) is 1.24. The standard InChI is InChI=1S/C20H28N4O3/c1-15-14-17(25)18(20(26)24(15)12-13-27-3)19(16-4-6-21-7-5-16)23-10-8-22(2)9-11-23/h4-7,14,19,25H,8-13H2,1-3H3. The summed E-state index contributed by atoms with van der Waals surface area (Å²) in [4.78, 5) is 22.0. The molecule has 1 aliphatic heterocycles. The Labute approximate surface area is 159 Å². The third kappa shape index (κ3) is 4.21. The van der Waals surface area contributed by atoms with Crippen LogP contribution >= 0.6 is 0 Å². The molecule has 7 heteroatoms. The first kappa shape index (κ1) is 19.5. The van der Waals surface area contributed by atoms with Gasteiger partial charge in [0.05, 0.1) is 18.2 Å². The molecule has 146 valence electrons. The molecule has 1 saturated heterocycles. The summed E-state index contributed by atoms with van der Waals surface area (Å²) in [7, 11) is 3.71. The fourth-order valence-electron chi connectivity index (χ4n) is 3.67. The van der Waals surface area contributed by atoms with E-state index in [4.69, 9.17) is 4.74 Å². The topological polar surface area (TPSA) is 70.8 Å². The smallest absolute Gasteiger partial charge is 0.259 e. The molecule has 0 spiro atoms. The summed E-state index contributed by atoms with van der Waals surface area (Å²) in [5, 5.41) is 10.7. The van der Waals surface area contributed by atoms with Gasteiger partial charge in [0, 0.05) is 57.9 Å². The summed E-state index contributed by atoms with van der Waals surface area (Å²) in [6, 6.07) is 5.21. The molecule has 0 saturated carbocycles. The van der Waals surface area contributed by atoms with Gasteiger partial charge >= 0.3 is 0 Å². The van der Waals surface area contributed by atoms with Gasteiger partial charge in [0.25, 0.3) is 5.56 Å². The van der Waals surface area contributed by atoms with E-state index < -0.39 is 0 Å². The molecule has 1 aliphatic rings. The summed E-state index contributed by atoms with van der Waals surface area (Å²) >= 11 is 0. The number of aromatic nitrogens is 2. The lowest BCUT2D eigenvalue weighted by atomic mass is 9.97. The van der Waals surface area contributed by atoms with Gasteiger partial charge in [-0.3, -0.25) is 14.7 Å². The molecule has 2 aromatic rings. The summed E-state index contributed by atoms with van der Waals surface area (Å²) in [6.45, 7) is 6.23. The van der Waals surface area contributed by atoms with Crippen LogP contribution in [0, 0.1) is 6.92 Å². The zero-order valence-corrected chi connectivity index (χ0v) is 16.3. The molecule has 1 atom stereocenters. The van der Waals surface area contributed by atoms with Gasteiger partial charge in [0.15, 0.2) is 0 Å². The van der Waals surface area contributed by atoms with Gasteiger partial charge in [-0.05, 0) is 37.7 Å². The van der Waals surface area contributed by atoms with E-state index >= 15 is 0 Å². The highest BCUT2D eigenvalue weighted by molar-refractivity contribution is 5.40. The Morgan fingerprint density at radius 1 is 1.22 bits per heavy atom. The zero-order chi connectivity index (χ0) is 19.4. The van der Waals surface area contributed by atoms with Crippen LogP contribution in [-0.2, 0) is 11.3 Å². The van der Waals surface area contributed by atoms with Crippen LogP contribution in [0.15, 0.2) is 35.4 Å². The average molecular weight is 372 g/mol. The maximum absolute atomic E-state index is 13.3. The summed E-state index contributed by atoms with van der Waals surface area (Å²) in [5.41, 5.74) is 1.95. The first-order valence-corrected chi connectivity index (χ1v) is 9.27. The number of rotatable bonds is 6. The summed E-state index contributed by atoms with van der Waals surface area (Å²) in [6.07, 6.45) is 3.46. The number of piperazine rings is 1. The van der Waals surface area contributed by atoms with Crippen molar-refractivity contribution in [3.63, 3.8) is 0 Å². The van der Waals surface area contributed by atoms with Crippen molar-refractivity contribution in [1.82, 2.24) is 19.4 Å². The van der Waals surface area contributed by atoms with Crippen LogP contribution in [0.2, 0.25) is 0 Å². The number of aryl methyl sites for hydroxylation is 1. The molecule has 1 N–H and O–H groups in total. The van der Waals surface area contributed by atoms with Crippen LogP contribution in [0.25, 0.3) is 0 Å². The van der Waals surface area contributed by atoms with E-state index in [0.29, 0.717) is 18.7 Å². The monoisotopic (exact) mass is 372 g/mol. The van der Waals surface area contributed by atoms with Crippen LogP contribution in [-0.4, -0.2) is 71.4 Å². The summed E-state index contributed by atoms with van der Waals surface area (Å²) in [5.74, 6) is 0.0481. The Morgan fingerprint density at radius 3 is 2.52 bits per heavy atom. The molecule has 7 nitrogen and oxygen atoms in total. The minimum atomic E-state index is -0.302. The molecule has 2 aromatic heterocycles. The fraction of sp³-hybridized carbons (Fsp3) is 0.500. The average Bonchev–Trinajstić information content (AvgIpc) is 2.66. The van der Waals surface area contributed by atoms with Gasteiger partial charge in [-0.15, -0.1) is 0 Å². The molecule has 27 heavy (non-hydrogen) atoms. The van der Waals surface area contributed by atoms with Gasteiger partial charge in [0.1, 0.15) is 5.75 Å². The van der Waals surface area contributed by atoms with Gasteiger partial charge in [-0.1, -0.05) is 0 Å². The van der Waals surface area contributed by atoms with Crippen molar-refractivity contribution in [3.8, 4) is 5.75 Å². The first-order chi connectivity index (χ1) is 13.0. The quantitative estimate of drug-likeness (QED) is 0.823. The maximum Gasteiger partial charge on any atom is 0.259 e. The lowest BCUT2D eigenvalue weighted by molar-refractivity contribution is 0.125. The van der Waals surface area contributed by atoms with Crippen molar-refractivity contribution < 1.29 is 9.84 Å². The normalized spacial score (nSPS) is 17.1. The molecule has 0 aromatic carbocycles. The third-order valence-corrected chi connectivity index (χ3v) is 5.24. The van der Waals surface area contributed by atoms with E-state index in [0.717, 1.165) is 37.4 Å². The van der Waals surface area contributed by atoms with E-state index in [1.54, 1.807) is 30.1 Å². The van der Waals surface area contributed by atoms with Crippen molar-refractivity contribution in [1.29, 1.82) is 0 Å². The molecule has 0 bridgehead atoms. The Balaban J connectivity index is 2.11. The molecular weight excluding hydrogens is 344 g/mol. The molecule has 0 radical (unpaired) electrons. The third-order valence-electron chi connectivity index (χ3n) is 5.24. The highest BCUT2D eigenvalue weighted by atomic mass is 16.5. The number of aromatic hydroxyl groups is 1. The van der Waals surface area contributed by atoms with Gasteiger partial charge in [0.2, 0.25) is 0 Å². The zero-order valence-electron chi connectivity index (χ0n) is 16.3. The Morgan fingerprint density at radius 2 is 1.89 bits per heavy atom. The molecule has 0 aliphatic carbocycles. The second-order valence-electron chi connectivity index (χ2n) is 7.06. The molecule has 0 amide bonds. The Kier molecular flexibility index (Phi) is 6.26. The highest BCUT2D eigenvalue weighted by Crippen LogP contribution is 2.32. The van der Waals surface area contributed by atoms with Crippen LogP contribution in [0.4, 0.5) is 0 Å². The van der Waals surface area contributed by atoms with Crippen LogP contribution in [0.1, 0.15) is 22.9 Å². The number of methoxy groups -OCH3 is 1. The lowest BCUT2D eigenvalue weighted by Crippen LogP contribution is -2.47. The molecule has 3 heterocycles. The SMILES string of the molecule is COCCn1c(C)cc(O)c(C(c2ccncc2)N2CCN(C)CC2)c1=O. The second-order valence-corrected chi connectivity index (χ2v) is 7.06. The summed E-state index contributed by atoms with van der Waals surface area (Å²) < 4.78 is 6.84. The van der Waals surface area contributed by atoms with Crippen LogP contribution < -0.4 is 5.56 Å². The number of hydrogen-bond donors (Lipinski definition) is 1. The van der Waals surface area contributed by atoms with Crippen LogP contribution in [0.5, 0.6) is 5.75 Å². The number of hydrogen-bond acceptors (Lipinski definition) is 6. The fourth-order valence-corrected chi connectivity index (χ4v) is 3.67. The largest absolute Gasteiger partial charge is 0.507 e. The minimum absolute atomic E-state index is 0.0481. The van der Waals surface area contributed by atoms with E-state index in [9.17, 15) is 9.90 Å². The highest BCUT2D eigenvalue weighted by Gasteiger charge is 2.30. The van der Waals surface area contributed by atoms with Crippen molar-refractivity contribution in [2.24, 2.45) is 0 Å². The maximum atomic E-state index is 13.3. The number of ether oxygens (including phenoxy) is 1. The van der Waals surface area contributed by atoms with E-state index in [1.807, 2.05) is 19.1 Å². The Bertz CT molecular complexity index is 814. The van der Waals surface area contributed by atoms with E-state index in [1.165, 1.54) is 0 Å². The van der Waals surface area contributed by atoms with E-state index in [2.05, 4.69) is 21.8 Å². The number of pyridine rings is 2. The van der Waals surface area contributed by atoms with Crippen LogP contribution in [0.3, 0.4) is 0 Å². The molecule has 1 unspecified atom stereocenters. The molecular formula is C20H28N4O3. The second kappa shape index (κ2) is 8.65. The van der Waals surface area contributed by atoms with Crippen molar-refractivity contribution in [3.05, 3.63) is 57.8 Å². The van der Waals surface area contributed by atoms with Crippen molar-refractivity contribution >= 4 is 0 Å². The minimum Gasteiger partial charge on any atom is -0.507 e. The lowest BCUT2D eigenvalue weighted by Gasteiger charge is -2.38. The number of likely N-dealkylation sites (N-methyl/N-ethyl adjacent to an activating group) is 1. The number of nitrogens with zero attached hydrogens (tertiary/aromatic N) is 4. The predicted molar refractivity (Wildman–Crippen MR) is 104 cm³/mol. The van der Waals surface area contributed by atoms with Gasteiger partial charge in [-0.2, -0.15) is 0 Å². The van der Waals surface area contributed by atoms with Crippen molar-refractivity contribution in [2.45, 2.75) is 19.5 Å². The van der Waals surface area contributed by atoms with E-state index in [-0.39, 0.29) is 17.4 Å². The first-order valence-electron chi connectivity index (χ1n) is 9.27. The molecule has 1 fully saturated rings. The molecule has 3 rings (SSSR count). The van der Waals surface area contributed by atoms with Gasteiger partial charge < -0.3 is 19.3 Å². The van der Waals surface area contributed by atoms with Crippen molar-refractivity contribution in [2.75, 3.05) is 46.9 Å². The Hall–Kier alpha value is -2.22. The van der Waals surface area contributed by atoms with Gasteiger partial charge in [-0.25, -0.2) is 0 Å².